The number of likely N-dealkylation sites (tertiary alicyclic amines) is 1. The van der Waals surface area contributed by atoms with Crippen LogP contribution in [0.5, 0.6) is 0 Å². The highest BCUT2D eigenvalue weighted by Gasteiger charge is 2.28. The number of amides is 3. The van der Waals surface area contributed by atoms with Crippen LogP contribution in [0.1, 0.15) is 12.8 Å². The number of hydrogen-bond donors (Lipinski definition) is 1. The summed E-state index contributed by atoms with van der Waals surface area (Å²) in [7, 11) is 5.50. The lowest BCUT2D eigenvalue weighted by atomic mass is 9.96. The standard InChI is InChI=1S/C23H27N5O2/c1-26(2)23(30)28-14-12-17(13-15-28)22(29)24-18-10-8-16(9-11-18)21-25-19-6-4-5-7-20(19)27(21)3/h4-11,17H,12-15H2,1-3H3,(H,24,29). The molecule has 7 nitrogen and oxygen atoms in total. The number of benzene rings is 2. The van der Waals surface area contributed by atoms with Crippen molar-refractivity contribution in [2.45, 2.75) is 12.8 Å². The molecule has 4 rings (SSSR count). The molecule has 1 aliphatic heterocycles. The van der Waals surface area contributed by atoms with Crippen molar-refractivity contribution in [1.82, 2.24) is 19.4 Å². The quantitative estimate of drug-likeness (QED) is 0.724. The molecule has 0 spiro atoms. The molecule has 1 aromatic heterocycles. The van der Waals surface area contributed by atoms with Gasteiger partial charge in [-0.3, -0.25) is 4.79 Å². The number of nitrogens with one attached hydrogen (secondary N) is 1. The number of para-hydroxylation sites is 2. The molecule has 0 atom stereocenters. The molecule has 3 aromatic rings. The van der Waals surface area contributed by atoms with Crippen LogP contribution >= 0.6 is 0 Å². The number of piperidine rings is 1. The summed E-state index contributed by atoms with van der Waals surface area (Å²) in [6.45, 7) is 1.22. The molecule has 1 aliphatic rings. The summed E-state index contributed by atoms with van der Waals surface area (Å²) in [6, 6.07) is 15.8. The van der Waals surface area contributed by atoms with Gasteiger partial charge < -0.3 is 19.7 Å². The van der Waals surface area contributed by atoms with E-state index in [0.717, 1.165) is 28.1 Å². The van der Waals surface area contributed by atoms with Crippen molar-refractivity contribution in [3.8, 4) is 11.4 Å². The fraction of sp³-hybridized carbons (Fsp3) is 0.348. The first kappa shape index (κ1) is 19.9. The lowest BCUT2D eigenvalue weighted by Gasteiger charge is -2.33. The maximum atomic E-state index is 12.7. The number of imidazole rings is 1. The Bertz CT molecular complexity index is 1060. The van der Waals surface area contributed by atoms with Gasteiger partial charge in [0.2, 0.25) is 5.91 Å². The van der Waals surface area contributed by atoms with E-state index in [1.54, 1.807) is 23.9 Å². The minimum atomic E-state index is -0.0734. The van der Waals surface area contributed by atoms with Crippen LogP contribution in [0.15, 0.2) is 48.5 Å². The number of nitrogens with zero attached hydrogens (tertiary/aromatic N) is 4. The molecule has 0 radical (unpaired) electrons. The lowest BCUT2D eigenvalue weighted by molar-refractivity contribution is -0.121. The average molecular weight is 406 g/mol. The second kappa shape index (κ2) is 8.18. The molecule has 156 valence electrons. The number of fused-ring (bicyclic) bond motifs is 1. The van der Waals surface area contributed by atoms with Gasteiger partial charge in [-0.05, 0) is 49.2 Å². The maximum Gasteiger partial charge on any atom is 0.319 e. The highest BCUT2D eigenvalue weighted by molar-refractivity contribution is 5.93. The number of carbonyl (C=O) groups excluding carboxylic acids is 2. The molecular formula is C23H27N5O2. The van der Waals surface area contributed by atoms with Crippen LogP contribution < -0.4 is 5.32 Å². The van der Waals surface area contributed by atoms with Crippen molar-refractivity contribution in [1.29, 1.82) is 0 Å². The Balaban J connectivity index is 1.40. The minimum absolute atomic E-state index is 0.00592. The number of rotatable bonds is 3. The third-order valence-corrected chi connectivity index (χ3v) is 5.72. The van der Waals surface area contributed by atoms with Crippen LogP contribution in [0.25, 0.3) is 22.4 Å². The van der Waals surface area contributed by atoms with E-state index in [-0.39, 0.29) is 17.9 Å². The van der Waals surface area contributed by atoms with Crippen molar-refractivity contribution in [2.75, 3.05) is 32.5 Å². The van der Waals surface area contributed by atoms with Gasteiger partial charge in [0.1, 0.15) is 5.82 Å². The fourth-order valence-electron chi connectivity index (χ4n) is 3.97. The summed E-state index contributed by atoms with van der Waals surface area (Å²) in [4.78, 5) is 32.8. The van der Waals surface area contributed by atoms with E-state index in [0.29, 0.717) is 25.9 Å². The van der Waals surface area contributed by atoms with Gasteiger partial charge in [0.15, 0.2) is 0 Å². The van der Waals surface area contributed by atoms with E-state index >= 15 is 0 Å². The molecule has 7 heteroatoms. The van der Waals surface area contributed by atoms with E-state index in [1.807, 2.05) is 49.5 Å². The Morgan fingerprint density at radius 2 is 1.70 bits per heavy atom. The van der Waals surface area contributed by atoms with Crippen LogP contribution in [-0.2, 0) is 11.8 Å². The molecule has 3 amide bonds. The van der Waals surface area contributed by atoms with Gasteiger partial charge in [-0.15, -0.1) is 0 Å². The van der Waals surface area contributed by atoms with Crippen molar-refractivity contribution >= 4 is 28.7 Å². The predicted molar refractivity (Wildman–Crippen MR) is 118 cm³/mol. The number of aryl methyl sites for hydroxylation is 1. The highest BCUT2D eigenvalue weighted by atomic mass is 16.2. The summed E-state index contributed by atoms with van der Waals surface area (Å²) >= 11 is 0. The Kier molecular flexibility index (Phi) is 5.44. The molecule has 0 aliphatic carbocycles. The third-order valence-electron chi connectivity index (χ3n) is 5.72. The molecule has 2 heterocycles. The van der Waals surface area contributed by atoms with Gasteiger partial charge in [0.25, 0.3) is 0 Å². The Hall–Kier alpha value is -3.35. The van der Waals surface area contributed by atoms with Crippen LogP contribution in [0.4, 0.5) is 10.5 Å². The number of carbonyl (C=O) groups is 2. The number of aromatic nitrogens is 2. The van der Waals surface area contributed by atoms with E-state index in [1.165, 1.54) is 0 Å². The largest absolute Gasteiger partial charge is 0.331 e. The number of urea groups is 1. The molecule has 0 saturated carbocycles. The summed E-state index contributed by atoms with van der Waals surface area (Å²) < 4.78 is 2.08. The topological polar surface area (TPSA) is 70.5 Å². The van der Waals surface area contributed by atoms with E-state index in [4.69, 9.17) is 4.98 Å². The normalized spacial score (nSPS) is 14.7. The zero-order chi connectivity index (χ0) is 21.3. The van der Waals surface area contributed by atoms with Gasteiger partial charge in [0, 0.05) is 51.4 Å². The first-order chi connectivity index (χ1) is 14.4. The number of hydrogen-bond acceptors (Lipinski definition) is 3. The molecule has 30 heavy (non-hydrogen) atoms. The molecule has 1 N–H and O–H groups in total. The predicted octanol–water partition coefficient (Wildman–Crippen LogP) is 3.57. The second-order valence-corrected chi connectivity index (χ2v) is 7.99. The van der Waals surface area contributed by atoms with Crippen molar-refractivity contribution < 1.29 is 9.59 Å². The summed E-state index contributed by atoms with van der Waals surface area (Å²) in [6.07, 6.45) is 1.37. The second-order valence-electron chi connectivity index (χ2n) is 7.99. The van der Waals surface area contributed by atoms with Crippen LogP contribution in [0.2, 0.25) is 0 Å². The molecule has 2 aromatic carbocycles. The van der Waals surface area contributed by atoms with Gasteiger partial charge in [0.05, 0.1) is 11.0 Å². The van der Waals surface area contributed by atoms with Gasteiger partial charge >= 0.3 is 6.03 Å². The molecule has 0 bridgehead atoms. The molecule has 1 fully saturated rings. The summed E-state index contributed by atoms with van der Waals surface area (Å²) in [5, 5.41) is 3.02. The highest BCUT2D eigenvalue weighted by Crippen LogP contribution is 2.25. The van der Waals surface area contributed by atoms with Gasteiger partial charge in [-0.1, -0.05) is 12.1 Å². The minimum Gasteiger partial charge on any atom is -0.331 e. The summed E-state index contributed by atoms with van der Waals surface area (Å²) in [5.41, 5.74) is 3.83. The molecule has 1 saturated heterocycles. The zero-order valence-electron chi connectivity index (χ0n) is 17.6. The maximum absolute atomic E-state index is 12.7. The van der Waals surface area contributed by atoms with Gasteiger partial charge in [-0.2, -0.15) is 0 Å². The van der Waals surface area contributed by atoms with Crippen molar-refractivity contribution in [3.05, 3.63) is 48.5 Å². The first-order valence-electron chi connectivity index (χ1n) is 10.2. The smallest absolute Gasteiger partial charge is 0.319 e. The van der Waals surface area contributed by atoms with E-state index in [2.05, 4.69) is 16.0 Å². The van der Waals surface area contributed by atoms with Gasteiger partial charge in [-0.25, -0.2) is 9.78 Å². The molecule has 0 unspecified atom stereocenters. The van der Waals surface area contributed by atoms with E-state index in [9.17, 15) is 9.59 Å². The third kappa shape index (κ3) is 3.87. The monoisotopic (exact) mass is 405 g/mol. The SMILES string of the molecule is CN(C)C(=O)N1CCC(C(=O)Nc2ccc(-c3nc4ccccc4n3C)cc2)CC1. The summed E-state index contributed by atoms with van der Waals surface area (Å²) in [5.74, 6) is 0.838. The zero-order valence-corrected chi connectivity index (χ0v) is 17.6. The molecular weight excluding hydrogens is 378 g/mol. The first-order valence-corrected chi connectivity index (χ1v) is 10.2. The van der Waals surface area contributed by atoms with E-state index < -0.39 is 0 Å². The van der Waals surface area contributed by atoms with Crippen LogP contribution in [0, 0.1) is 5.92 Å². The number of anilines is 1. The van der Waals surface area contributed by atoms with Crippen LogP contribution in [-0.4, -0.2) is 58.5 Å². The van der Waals surface area contributed by atoms with Crippen molar-refractivity contribution in [3.63, 3.8) is 0 Å². The lowest BCUT2D eigenvalue weighted by Crippen LogP contribution is -2.45. The Labute approximate surface area is 176 Å². The van der Waals surface area contributed by atoms with Crippen LogP contribution in [0.3, 0.4) is 0 Å². The fourth-order valence-corrected chi connectivity index (χ4v) is 3.97. The Morgan fingerprint density at radius 1 is 1.03 bits per heavy atom. The average Bonchev–Trinajstić information content (AvgIpc) is 3.10. The Morgan fingerprint density at radius 3 is 2.33 bits per heavy atom. The van der Waals surface area contributed by atoms with Crippen molar-refractivity contribution in [2.24, 2.45) is 13.0 Å².